The molecule has 0 saturated carbocycles. The van der Waals surface area contributed by atoms with Crippen molar-refractivity contribution in [2.45, 2.75) is 26.2 Å². The second kappa shape index (κ2) is 4.31. The van der Waals surface area contributed by atoms with Crippen LogP contribution < -0.4 is 0 Å². The van der Waals surface area contributed by atoms with Crippen molar-refractivity contribution in [3.63, 3.8) is 0 Å². The summed E-state index contributed by atoms with van der Waals surface area (Å²) in [5.41, 5.74) is 0. The number of hydrogen-bond donors (Lipinski definition) is 0. The van der Waals surface area contributed by atoms with Gasteiger partial charge in [0.25, 0.3) is 0 Å². The van der Waals surface area contributed by atoms with Crippen molar-refractivity contribution in [3.8, 4) is 0 Å². The van der Waals surface area contributed by atoms with Gasteiger partial charge in [0.2, 0.25) is 0 Å². The summed E-state index contributed by atoms with van der Waals surface area (Å²) >= 11 is 2.84. The zero-order valence-electron chi connectivity index (χ0n) is 4.41. The Bertz CT molecular complexity index is 61.1. The predicted octanol–water partition coefficient (Wildman–Crippen LogP) is 2.10. The Kier molecular flexibility index (Phi) is 4.41. The molecule has 0 N–H and O–H groups in total. The van der Waals surface area contributed by atoms with E-state index in [0.29, 0.717) is 6.42 Å². The van der Waals surface area contributed by atoms with E-state index in [4.69, 9.17) is 0 Å². The van der Waals surface area contributed by atoms with Gasteiger partial charge in [0, 0.05) is 6.42 Å². The van der Waals surface area contributed by atoms with Crippen LogP contribution in [-0.4, -0.2) is 4.69 Å². The molecule has 0 aliphatic rings. The fourth-order valence-corrected chi connectivity index (χ4v) is 0.596. The highest BCUT2D eigenvalue weighted by Gasteiger charge is 1.89. The lowest BCUT2D eigenvalue weighted by atomic mass is 10.3. The summed E-state index contributed by atoms with van der Waals surface area (Å²) in [7, 11) is 0. The minimum Gasteiger partial charge on any atom is -0.287 e. The summed E-state index contributed by atoms with van der Waals surface area (Å²) in [5.74, 6) is 0. The molecule has 0 aromatic heterocycles. The predicted molar refractivity (Wildman–Crippen MR) is 33.5 cm³/mol. The molecule has 0 atom stereocenters. The van der Waals surface area contributed by atoms with Crippen molar-refractivity contribution < 1.29 is 4.79 Å². The lowest BCUT2D eigenvalue weighted by Crippen LogP contribution is -1.81. The smallest absolute Gasteiger partial charge is 0.197 e. The van der Waals surface area contributed by atoms with Gasteiger partial charge in [-0.25, -0.2) is 0 Å². The second-order valence-corrected chi connectivity index (χ2v) is 2.34. The number of rotatable bonds is 3. The van der Waals surface area contributed by atoms with Crippen LogP contribution >= 0.6 is 15.9 Å². The van der Waals surface area contributed by atoms with Crippen LogP contribution in [0.3, 0.4) is 0 Å². The lowest BCUT2D eigenvalue weighted by Gasteiger charge is -1.84. The number of hydrogen-bond acceptors (Lipinski definition) is 1. The van der Waals surface area contributed by atoms with Crippen molar-refractivity contribution in [2.24, 2.45) is 0 Å². The van der Waals surface area contributed by atoms with Gasteiger partial charge in [-0.15, -0.1) is 0 Å². The van der Waals surface area contributed by atoms with Gasteiger partial charge >= 0.3 is 0 Å². The summed E-state index contributed by atoms with van der Waals surface area (Å²) in [4.78, 5) is 10.1. The number of carbonyl (C=O) groups is 1. The van der Waals surface area contributed by atoms with Crippen molar-refractivity contribution >= 4 is 20.6 Å². The lowest BCUT2D eigenvalue weighted by molar-refractivity contribution is -0.110. The molecule has 0 aliphatic heterocycles. The van der Waals surface area contributed by atoms with Crippen LogP contribution in [0.25, 0.3) is 0 Å². The Hall–Kier alpha value is 0.150. The summed E-state index contributed by atoms with van der Waals surface area (Å²) in [6.07, 6.45) is 2.78. The van der Waals surface area contributed by atoms with Gasteiger partial charge in [-0.2, -0.15) is 0 Å². The van der Waals surface area contributed by atoms with Crippen molar-refractivity contribution in [2.75, 3.05) is 0 Å². The first-order valence-electron chi connectivity index (χ1n) is 2.45. The summed E-state index contributed by atoms with van der Waals surface area (Å²) < 4.78 is 0.120. The highest BCUT2D eigenvalue weighted by molar-refractivity contribution is 9.18. The molecule has 1 nitrogen and oxygen atoms in total. The number of carbonyl (C=O) groups excluding carboxylic acids is 1. The van der Waals surface area contributed by atoms with Gasteiger partial charge < -0.3 is 0 Å². The average molecular weight is 165 g/mol. The Balaban J connectivity index is 2.82. The van der Waals surface area contributed by atoms with Gasteiger partial charge in [-0.1, -0.05) is 13.3 Å². The molecule has 0 spiro atoms. The van der Waals surface area contributed by atoms with E-state index in [0.717, 1.165) is 12.8 Å². The van der Waals surface area contributed by atoms with Gasteiger partial charge in [0.05, 0.1) is 0 Å². The summed E-state index contributed by atoms with van der Waals surface area (Å²) in [6, 6.07) is 0. The van der Waals surface area contributed by atoms with E-state index in [2.05, 4.69) is 22.9 Å². The molecule has 0 heterocycles. The van der Waals surface area contributed by atoms with Crippen molar-refractivity contribution in [1.82, 2.24) is 0 Å². The summed E-state index contributed by atoms with van der Waals surface area (Å²) in [5, 5.41) is 0. The molecule has 0 saturated heterocycles. The molecule has 0 aromatic rings. The van der Waals surface area contributed by atoms with E-state index in [-0.39, 0.29) is 4.69 Å². The fourth-order valence-electron chi connectivity index (χ4n) is 0.316. The largest absolute Gasteiger partial charge is 0.287 e. The molecular weight excluding hydrogens is 156 g/mol. The first-order valence-corrected chi connectivity index (χ1v) is 3.25. The van der Waals surface area contributed by atoms with E-state index in [1.807, 2.05) is 0 Å². The molecule has 7 heavy (non-hydrogen) atoms. The molecule has 42 valence electrons. The van der Waals surface area contributed by atoms with Crippen LogP contribution in [0.15, 0.2) is 0 Å². The topological polar surface area (TPSA) is 17.1 Å². The molecule has 0 radical (unpaired) electrons. The number of unbranched alkanes of at least 4 members (excludes halogenated alkanes) is 1. The zero-order chi connectivity index (χ0) is 5.70. The third-order valence-corrected chi connectivity index (χ3v) is 1.12. The minimum absolute atomic E-state index is 0.120. The van der Waals surface area contributed by atoms with Crippen LogP contribution in [0.2, 0.25) is 0 Å². The van der Waals surface area contributed by atoms with E-state index < -0.39 is 0 Å². The Morgan fingerprint density at radius 3 is 2.43 bits per heavy atom. The van der Waals surface area contributed by atoms with E-state index in [9.17, 15) is 4.79 Å². The first kappa shape index (κ1) is 7.15. The number of halogens is 1. The normalized spacial score (nSPS) is 8.86. The standard InChI is InChI=1S/C5H9BrO/c1-2-3-4-5(6)7/h2-4H2,1H3. The van der Waals surface area contributed by atoms with Crippen LogP contribution in [0.4, 0.5) is 0 Å². The van der Waals surface area contributed by atoms with Crippen LogP contribution in [-0.2, 0) is 4.79 Å². The molecule has 0 aliphatic carbocycles. The van der Waals surface area contributed by atoms with E-state index >= 15 is 0 Å². The van der Waals surface area contributed by atoms with Crippen molar-refractivity contribution in [1.29, 1.82) is 0 Å². The highest BCUT2D eigenvalue weighted by atomic mass is 79.9. The highest BCUT2D eigenvalue weighted by Crippen LogP contribution is 1.98. The molecule has 0 fully saturated rings. The van der Waals surface area contributed by atoms with E-state index in [1.165, 1.54) is 0 Å². The second-order valence-electron chi connectivity index (χ2n) is 1.46. The van der Waals surface area contributed by atoms with Crippen LogP contribution in [0.1, 0.15) is 26.2 Å². The Morgan fingerprint density at radius 1 is 1.71 bits per heavy atom. The first-order chi connectivity index (χ1) is 3.27. The SMILES string of the molecule is CCCCC(=O)Br. The minimum atomic E-state index is 0.120. The maximum atomic E-state index is 10.1. The average Bonchev–Trinajstić information content (AvgIpc) is 1.61. The Labute approximate surface area is 52.2 Å². The van der Waals surface area contributed by atoms with Crippen molar-refractivity contribution in [3.05, 3.63) is 0 Å². The third-order valence-electron chi connectivity index (χ3n) is 0.727. The maximum Gasteiger partial charge on any atom is 0.197 e. The maximum absolute atomic E-state index is 10.1. The third kappa shape index (κ3) is 6.15. The van der Waals surface area contributed by atoms with Crippen LogP contribution in [0.5, 0.6) is 0 Å². The molecular formula is C5H9BrO. The van der Waals surface area contributed by atoms with Gasteiger partial charge in [0.1, 0.15) is 0 Å². The molecule has 0 amide bonds. The van der Waals surface area contributed by atoms with Gasteiger partial charge in [-0.3, -0.25) is 4.79 Å². The monoisotopic (exact) mass is 164 g/mol. The van der Waals surface area contributed by atoms with E-state index in [1.54, 1.807) is 0 Å². The quantitative estimate of drug-likeness (QED) is 0.585. The summed E-state index contributed by atoms with van der Waals surface area (Å²) in [6.45, 7) is 2.07. The fraction of sp³-hybridized carbons (Fsp3) is 0.800. The molecule has 0 rings (SSSR count). The van der Waals surface area contributed by atoms with Gasteiger partial charge in [-0.05, 0) is 22.4 Å². The van der Waals surface area contributed by atoms with Gasteiger partial charge in [0.15, 0.2) is 4.69 Å². The zero-order valence-corrected chi connectivity index (χ0v) is 5.99. The molecule has 2 heteroatoms. The molecule has 0 aromatic carbocycles. The van der Waals surface area contributed by atoms with Crippen LogP contribution in [0, 0.1) is 0 Å². The Morgan fingerprint density at radius 2 is 2.29 bits per heavy atom. The molecule has 0 unspecified atom stereocenters. The molecule has 0 bridgehead atoms.